The molecule has 19 heavy (non-hydrogen) atoms. The van der Waals surface area contributed by atoms with Crippen LogP contribution in [0.3, 0.4) is 0 Å². The van der Waals surface area contributed by atoms with Crippen LogP contribution in [0.25, 0.3) is 0 Å². The number of anilines is 1. The van der Waals surface area contributed by atoms with E-state index in [0.717, 1.165) is 17.4 Å². The minimum absolute atomic E-state index is 0.0395. The third-order valence-electron chi connectivity index (χ3n) is 2.06. The van der Waals surface area contributed by atoms with Gasteiger partial charge in [0.15, 0.2) is 0 Å². The van der Waals surface area contributed by atoms with E-state index >= 15 is 0 Å². The number of hydrogen-bond donors (Lipinski definition) is 2. The number of hydrogen-bond acceptors (Lipinski definition) is 6. The molecule has 0 aliphatic carbocycles. The zero-order chi connectivity index (χ0) is 14.0. The summed E-state index contributed by atoms with van der Waals surface area (Å²) < 4.78 is 26.1. The summed E-state index contributed by atoms with van der Waals surface area (Å²) in [6.45, 7) is 0. The van der Waals surface area contributed by atoms with Crippen molar-refractivity contribution in [3.63, 3.8) is 0 Å². The summed E-state index contributed by atoms with van der Waals surface area (Å²) in [6.07, 6.45) is 0. The van der Waals surface area contributed by atoms with E-state index in [9.17, 15) is 13.2 Å². The second-order valence-corrected chi connectivity index (χ2v) is 6.22. The van der Waals surface area contributed by atoms with Gasteiger partial charge in [0.25, 0.3) is 10.0 Å². The van der Waals surface area contributed by atoms with Crippen LogP contribution in [-0.4, -0.2) is 29.7 Å². The van der Waals surface area contributed by atoms with Crippen molar-refractivity contribution in [2.75, 3.05) is 4.72 Å². The van der Waals surface area contributed by atoms with Gasteiger partial charge in [-0.3, -0.25) is 4.72 Å². The normalized spacial score (nSPS) is 11.2. The lowest BCUT2D eigenvalue weighted by Gasteiger charge is -2.06. The number of rotatable bonds is 4. The molecule has 0 amide bonds. The smallest absolute Gasteiger partial charge is 0.337 e. The van der Waals surface area contributed by atoms with E-state index in [4.69, 9.17) is 16.7 Å². The topological polar surface area (TPSA) is 109 Å². The first-order valence-electron chi connectivity index (χ1n) is 4.72. The number of aromatic carboxylic acids is 1. The highest BCUT2D eigenvalue weighted by Gasteiger charge is 2.19. The number of aromatic nitrogens is 2. The van der Waals surface area contributed by atoms with Gasteiger partial charge in [0, 0.05) is 0 Å². The Bertz CT molecular complexity index is 715. The zero-order valence-corrected chi connectivity index (χ0v) is 11.5. The summed E-state index contributed by atoms with van der Waals surface area (Å²) in [6, 6.07) is 3.39. The van der Waals surface area contributed by atoms with Crippen LogP contribution in [0.5, 0.6) is 0 Å². The highest BCUT2D eigenvalue weighted by Crippen LogP contribution is 2.22. The monoisotopic (exact) mass is 319 g/mol. The van der Waals surface area contributed by atoms with Crippen molar-refractivity contribution in [1.82, 2.24) is 10.2 Å². The molecule has 0 spiro atoms. The molecule has 1 aromatic heterocycles. The molecular weight excluding hydrogens is 314 g/mol. The molecule has 0 saturated carbocycles. The van der Waals surface area contributed by atoms with Crippen molar-refractivity contribution in [3.8, 4) is 0 Å². The lowest BCUT2D eigenvalue weighted by atomic mass is 10.2. The molecule has 2 rings (SSSR count). The third kappa shape index (κ3) is 3.00. The highest BCUT2D eigenvalue weighted by atomic mass is 35.5. The van der Waals surface area contributed by atoms with Crippen molar-refractivity contribution >= 4 is 44.1 Å². The van der Waals surface area contributed by atoms with Gasteiger partial charge in [-0.2, -0.15) is 0 Å². The van der Waals surface area contributed by atoms with Gasteiger partial charge in [0.1, 0.15) is 5.51 Å². The van der Waals surface area contributed by atoms with Crippen LogP contribution >= 0.6 is 22.9 Å². The SMILES string of the molecule is O=C(O)c1cc(S(=O)(=O)Nc2nncs2)ccc1Cl. The molecule has 0 aliphatic rings. The fourth-order valence-corrected chi connectivity index (χ4v) is 3.14. The van der Waals surface area contributed by atoms with Crippen LogP contribution in [0.2, 0.25) is 5.02 Å². The van der Waals surface area contributed by atoms with E-state index in [1.807, 2.05) is 0 Å². The molecule has 100 valence electrons. The van der Waals surface area contributed by atoms with Crippen molar-refractivity contribution in [2.45, 2.75) is 4.90 Å². The first-order valence-corrected chi connectivity index (χ1v) is 7.46. The first-order chi connectivity index (χ1) is 8.90. The third-order valence-corrected chi connectivity index (χ3v) is 4.46. The molecular formula is C9H6ClN3O4S2. The van der Waals surface area contributed by atoms with Crippen LogP contribution < -0.4 is 4.72 Å². The predicted molar refractivity (Wildman–Crippen MR) is 69.1 cm³/mol. The summed E-state index contributed by atoms with van der Waals surface area (Å²) in [5.74, 6) is -1.31. The highest BCUT2D eigenvalue weighted by molar-refractivity contribution is 7.93. The molecule has 0 aliphatic heterocycles. The van der Waals surface area contributed by atoms with Crippen LogP contribution in [0, 0.1) is 0 Å². The zero-order valence-electron chi connectivity index (χ0n) is 9.07. The Balaban J connectivity index is 2.41. The van der Waals surface area contributed by atoms with Gasteiger partial charge in [-0.1, -0.05) is 22.9 Å². The fraction of sp³-hybridized carbons (Fsp3) is 0. The van der Waals surface area contributed by atoms with Crippen LogP contribution in [0.4, 0.5) is 5.13 Å². The maximum absolute atomic E-state index is 12.0. The van der Waals surface area contributed by atoms with E-state index in [0.29, 0.717) is 0 Å². The molecule has 0 bridgehead atoms. The molecule has 0 fully saturated rings. The minimum atomic E-state index is -3.92. The van der Waals surface area contributed by atoms with E-state index in [-0.39, 0.29) is 20.6 Å². The average molecular weight is 320 g/mol. The van der Waals surface area contributed by atoms with Gasteiger partial charge < -0.3 is 5.11 Å². The van der Waals surface area contributed by atoms with E-state index in [1.165, 1.54) is 17.6 Å². The number of carboxylic acids is 1. The maximum Gasteiger partial charge on any atom is 0.337 e. The van der Waals surface area contributed by atoms with E-state index in [1.54, 1.807) is 0 Å². The molecule has 0 unspecified atom stereocenters. The lowest BCUT2D eigenvalue weighted by molar-refractivity contribution is 0.0697. The molecule has 2 N–H and O–H groups in total. The van der Waals surface area contributed by atoms with Crippen molar-refractivity contribution < 1.29 is 18.3 Å². The summed E-state index contributed by atoms with van der Waals surface area (Å²) in [7, 11) is -3.92. The van der Waals surface area contributed by atoms with Crippen LogP contribution in [-0.2, 0) is 10.0 Å². The number of carbonyl (C=O) groups is 1. The molecule has 0 radical (unpaired) electrons. The van der Waals surface area contributed by atoms with Crippen molar-refractivity contribution in [3.05, 3.63) is 34.3 Å². The number of nitrogens with one attached hydrogen (secondary N) is 1. The van der Waals surface area contributed by atoms with Gasteiger partial charge in [0.05, 0.1) is 15.5 Å². The molecule has 10 heteroatoms. The Morgan fingerprint density at radius 3 is 2.74 bits per heavy atom. The summed E-state index contributed by atoms with van der Waals surface area (Å²) in [5.41, 5.74) is 1.07. The lowest BCUT2D eigenvalue weighted by Crippen LogP contribution is -2.13. The van der Waals surface area contributed by atoms with Gasteiger partial charge in [-0.05, 0) is 18.2 Å². The number of sulfonamides is 1. The number of halogens is 1. The minimum Gasteiger partial charge on any atom is -0.478 e. The second-order valence-electron chi connectivity index (χ2n) is 3.30. The molecule has 1 aromatic carbocycles. The Morgan fingerprint density at radius 2 is 2.16 bits per heavy atom. The van der Waals surface area contributed by atoms with Crippen LogP contribution in [0.15, 0.2) is 28.6 Å². The van der Waals surface area contributed by atoms with E-state index < -0.39 is 16.0 Å². The standard InChI is InChI=1S/C9H6ClN3O4S2/c10-7-2-1-5(3-6(7)8(14)15)19(16,17)13-9-12-11-4-18-9/h1-4H,(H,12,13)(H,14,15). The quantitative estimate of drug-likeness (QED) is 0.887. The number of nitrogens with zero attached hydrogens (tertiary/aromatic N) is 2. The van der Waals surface area contributed by atoms with Crippen LogP contribution in [0.1, 0.15) is 10.4 Å². The van der Waals surface area contributed by atoms with E-state index in [2.05, 4.69) is 14.9 Å². The predicted octanol–water partition coefficient (Wildman–Crippen LogP) is 1.69. The largest absolute Gasteiger partial charge is 0.478 e. The second kappa shape index (κ2) is 5.11. The van der Waals surface area contributed by atoms with Crippen molar-refractivity contribution in [2.24, 2.45) is 0 Å². The molecule has 0 atom stereocenters. The molecule has 1 heterocycles. The maximum atomic E-state index is 12.0. The molecule has 2 aromatic rings. The summed E-state index contributed by atoms with van der Waals surface area (Å²) in [4.78, 5) is 10.7. The summed E-state index contributed by atoms with van der Waals surface area (Å²) in [5, 5.41) is 16.0. The summed E-state index contributed by atoms with van der Waals surface area (Å²) >= 11 is 6.67. The Hall–Kier alpha value is -1.71. The Morgan fingerprint density at radius 1 is 1.42 bits per heavy atom. The molecule has 7 nitrogen and oxygen atoms in total. The van der Waals surface area contributed by atoms with Crippen molar-refractivity contribution in [1.29, 1.82) is 0 Å². The number of carboxylic acid groups (broad SMARTS) is 1. The van der Waals surface area contributed by atoms with Gasteiger partial charge in [-0.15, -0.1) is 10.2 Å². The van der Waals surface area contributed by atoms with Gasteiger partial charge >= 0.3 is 5.97 Å². The molecule has 0 saturated heterocycles. The Labute approximate surface area is 116 Å². The fourth-order valence-electron chi connectivity index (χ4n) is 1.23. The number of benzene rings is 1. The average Bonchev–Trinajstić information content (AvgIpc) is 2.80. The van der Waals surface area contributed by atoms with Gasteiger partial charge in [-0.25, -0.2) is 13.2 Å². The van der Waals surface area contributed by atoms with Gasteiger partial charge in [0.2, 0.25) is 5.13 Å². The first kappa shape index (κ1) is 13.7. The Kier molecular flexibility index (Phi) is 3.69.